The van der Waals surface area contributed by atoms with Gasteiger partial charge in [0.1, 0.15) is 17.0 Å². The number of nitrogen functional groups attached to an aromatic ring is 1. The van der Waals surface area contributed by atoms with Crippen LogP contribution < -0.4 is 16.6 Å². The van der Waals surface area contributed by atoms with Crippen molar-refractivity contribution < 1.29 is 14.1 Å². The van der Waals surface area contributed by atoms with Crippen molar-refractivity contribution in [1.29, 1.82) is 0 Å². The zero-order valence-electron chi connectivity index (χ0n) is 10.3. The summed E-state index contributed by atoms with van der Waals surface area (Å²) in [6.45, 7) is 0.142. The average molecular weight is 276 g/mol. The second-order valence-corrected chi connectivity index (χ2v) is 3.87. The number of nitrogens with two attached hydrogens (primary N) is 1. The van der Waals surface area contributed by atoms with Crippen LogP contribution in [0.25, 0.3) is 0 Å². The van der Waals surface area contributed by atoms with Crippen molar-refractivity contribution in [1.82, 2.24) is 5.32 Å². The van der Waals surface area contributed by atoms with Gasteiger partial charge in [-0.3, -0.25) is 20.8 Å². The molecule has 0 aliphatic carbocycles. The summed E-state index contributed by atoms with van der Waals surface area (Å²) < 4.78 is 5.06. The van der Waals surface area contributed by atoms with Gasteiger partial charge in [-0.25, -0.2) is 0 Å². The van der Waals surface area contributed by atoms with Gasteiger partial charge in [0.15, 0.2) is 0 Å². The molecule has 0 atom stereocenters. The van der Waals surface area contributed by atoms with Gasteiger partial charge in [-0.1, -0.05) is 6.07 Å². The number of carbonyl (C=O) groups excluding carboxylic acids is 1. The molecule has 1 aromatic heterocycles. The zero-order valence-corrected chi connectivity index (χ0v) is 10.3. The number of carbonyl (C=O) groups is 1. The molecular formula is C12H12N4O4. The fourth-order valence-electron chi connectivity index (χ4n) is 1.72. The third kappa shape index (κ3) is 2.75. The lowest BCUT2D eigenvalue weighted by molar-refractivity contribution is -0.384. The third-order valence-electron chi connectivity index (χ3n) is 2.62. The Hall–Kier alpha value is -2.87. The number of benzene rings is 1. The number of anilines is 1. The maximum absolute atomic E-state index is 12.0. The summed E-state index contributed by atoms with van der Waals surface area (Å²) in [7, 11) is 0. The van der Waals surface area contributed by atoms with E-state index in [2.05, 4.69) is 10.7 Å². The number of nitrogens with one attached hydrogen (secondary N) is 2. The van der Waals surface area contributed by atoms with Gasteiger partial charge in [0, 0.05) is 0 Å². The molecule has 1 aromatic carbocycles. The normalized spacial score (nSPS) is 10.1. The number of amides is 1. The monoisotopic (exact) mass is 276 g/mol. The quantitative estimate of drug-likeness (QED) is 0.431. The largest absolute Gasteiger partial charge is 0.467 e. The van der Waals surface area contributed by atoms with Crippen molar-refractivity contribution in [2.75, 3.05) is 5.43 Å². The SMILES string of the molecule is NNc1cccc(C(=O)NCc2ccco2)c1[N+](=O)[O-]. The molecule has 20 heavy (non-hydrogen) atoms. The van der Waals surface area contributed by atoms with Crippen LogP contribution in [-0.2, 0) is 6.54 Å². The van der Waals surface area contributed by atoms with E-state index in [-0.39, 0.29) is 23.5 Å². The highest BCUT2D eigenvalue weighted by atomic mass is 16.6. The van der Waals surface area contributed by atoms with Crippen LogP contribution in [0.4, 0.5) is 11.4 Å². The molecule has 1 amide bonds. The zero-order chi connectivity index (χ0) is 14.5. The van der Waals surface area contributed by atoms with Crippen molar-refractivity contribution in [2.45, 2.75) is 6.54 Å². The fraction of sp³-hybridized carbons (Fsp3) is 0.0833. The predicted octanol–water partition coefficient (Wildman–Crippen LogP) is 1.40. The van der Waals surface area contributed by atoms with Gasteiger partial charge in [-0.05, 0) is 24.3 Å². The number of hydrogen-bond acceptors (Lipinski definition) is 6. The molecule has 104 valence electrons. The van der Waals surface area contributed by atoms with Gasteiger partial charge >= 0.3 is 5.69 Å². The van der Waals surface area contributed by atoms with Crippen molar-refractivity contribution in [2.24, 2.45) is 5.84 Å². The topological polar surface area (TPSA) is 123 Å². The molecule has 8 heteroatoms. The first kappa shape index (κ1) is 13.6. The summed E-state index contributed by atoms with van der Waals surface area (Å²) in [5.74, 6) is 5.18. The molecule has 0 spiro atoms. The van der Waals surface area contributed by atoms with E-state index in [9.17, 15) is 14.9 Å². The molecule has 0 saturated carbocycles. The first-order chi connectivity index (χ1) is 9.63. The first-order valence-corrected chi connectivity index (χ1v) is 5.68. The van der Waals surface area contributed by atoms with E-state index in [4.69, 9.17) is 10.3 Å². The molecule has 0 unspecified atom stereocenters. The number of nitro benzene ring substituents is 1. The number of hydrazine groups is 1. The Morgan fingerprint density at radius 3 is 2.75 bits per heavy atom. The smallest absolute Gasteiger partial charge is 0.306 e. The second kappa shape index (κ2) is 5.85. The van der Waals surface area contributed by atoms with E-state index in [1.807, 2.05) is 0 Å². The van der Waals surface area contributed by atoms with Crippen LogP contribution >= 0.6 is 0 Å². The van der Waals surface area contributed by atoms with Crippen LogP contribution in [0.5, 0.6) is 0 Å². The summed E-state index contributed by atoms with van der Waals surface area (Å²) in [6, 6.07) is 7.65. The molecule has 0 radical (unpaired) electrons. The summed E-state index contributed by atoms with van der Waals surface area (Å²) in [5, 5.41) is 13.6. The van der Waals surface area contributed by atoms with Gasteiger partial charge in [0.05, 0.1) is 17.7 Å². The average Bonchev–Trinajstić information content (AvgIpc) is 2.96. The first-order valence-electron chi connectivity index (χ1n) is 5.68. The van der Waals surface area contributed by atoms with E-state index in [0.29, 0.717) is 5.76 Å². The van der Waals surface area contributed by atoms with Crippen molar-refractivity contribution in [3.8, 4) is 0 Å². The standard InChI is InChI=1S/C12H12N4O4/c13-15-10-5-1-4-9(11(10)16(18)19)12(17)14-7-8-3-2-6-20-8/h1-6,15H,7,13H2,(H,14,17). The number of furan rings is 1. The van der Waals surface area contributed by atoms with Crippen molar-refractivity contribution in [3.63, 3.8) is 0 Å². The van der Waals surface area contributed by atoms with Gasteiger partial charge in [-0.15, -0.1) is 0 Å². The number of para-hydroxylation sites is 1. The maximum atomic E-state index is 12.0. The Balaban J connectivity index is 2.23. The summed E-state index contributed by atoms with van der Waals surface area (Å²) in [4.78, 5) is 22.4. The molecule has 1 heterocycles. The van der Waals surface area contributed by atoms with Crippen LogP contribution in [0.1, 0.15) is 16.1 Å². The maximum Gasteiger partial charge on any atom is 0.306 e. The highest BCUT2D eigenvalue weighted by Crippen LogP contribution is 2.27. The van der Waals surface area contributed by atoms with Gasteiger partial charge in [0.2, 0.25) is 0 Å². The molecule has 0 saturated heterocycles. The number of nitrogens with zero attached hydrogens (tertiary/aromatic N) is 1. The lowest BCUT2D eigenvalue weighted by Gasteiger charge is -2.07. The molecule has 2 aromatic rings. The highest BCUT2D eigenvalue weighted by Gasteiger charge is 2.24. The van der Waals surface area contributed by atoms with E-state index in [1.54, 1.807) is 12.1 Å². The molecule has 0 aliphatic rings. The van der Waals surface area contributed by atoms with Crippen LogP contribution in [0, 0.1) is 10.1 Å². The Bertz CT molecular complexity index is 624. The lowest BCUT2D eigenvalue weighted by Crippen LogP contribution is -2.24. The molecule has 4 N–H and O–H groups in total. The lowest BCUT2D eigenvalue weighted by atomic mass is 10.1. The number of rotatable bonds is 5. The predicted molar refractivity (Wildman–Crippen MR) is 70.8 cm³/mol. The number of hydrogen-bond donors (Lipinski definition) is 3. The van der Waals surface area contributed by atoms with Crippen LogP contribution in [0.15, 0.2) is 41.0 Å². The minimum atomic E-state index is -0.656. The third-order valence-corrected chi connectivity index (χ3v) is 2.62. The van der Waals surface area contributed by atoms with Crippen LogP contribution in [0.2, 0.25) is 0 Å². The van der Waals surface area contributed by atoms with E-state index in [0.717, 1.165) is 0 Å². The summed E-state index contributed by atoms with van der Waals surface area (Å²) in [6.07, 6.45) is 1.48. The minimum Gasteiger partial charge on any atom is -0.467 e. The Morgan fingerprint density at radius 1 is 1.35 bits per heavy atom. The van der Waals surface area contributed by atoms with Gasteiger partial charge in [0.25, 0.3) is 5.91 Å². The molecule has 2 rings (SSSR count). The molecule has 8 nitrogen and oxygen atoms in total. The van der Waals surface area contributed by atoms with Crippen LogP contribution in [0.3, 0.4) is 0 Å². The summed E-state index contributed by atoms with van der Waals surface area (Å²) >= 11 is 0. The highest BCUT2D eigenvalue weighted by molar-refractivity contribution is 6.00. The van der Waals surface area contributed by atoms with Crippen molar-refractivity contribution >= 4 is 17.3 Å². The van der Waals surface area contributed by atoms with E-state index < -0.39 is 10.8 Å². The van der Waals surface area contributed by atoms with E-state index in [1.165, 1.54) is 24.5 Å². The minimum absolute atomic E-state index is 0.0700. The number of nitro groups is 1. The van der Waals surface area contributed by atoms with Gasteiger partial charge in [-0.2, -0.15) is 0 Å². The summed E-state index contributed by atoms with van der Waals surface area (Å²) in [5.41, 5.74) is 1.83. The molecule has 0 aliphatic heterocycles. The van der Waals surface area contributed by atoms with Gasteiger partial charge < -0.3 is 15.2 Å². The molecular weight excluding hydrogens is 264 g/mol. The second-order valence-electron chi connectivity index (χ2n) is 3.87. The molecule has 0 bridgehead atoms. The Labute approximate surface area is 113 Å². The Morgan fingerprint density at radius 2 is 2.15 bits per heavy atom. The van der Waals surface area contributed by atoms with Crippen molar-refractivity contribution in [3.05, 3.63) is 58.0 Å². The molecule has 0 fully saturated rings. The fourth-order valence-corrected chi connectivity index (χ4v) is 1.72. The van der Waals surface area contributed by atoms with E-state index >= 15 is 0 Å². The van der Waals surface area contributed by atoms with Crippen LogP contribution in [-0.4, -0.2) is 10.8 Å². The Kier molecular flexibility index (Phi) is 3.96.